The normalized spacial score (nSPS) is 12.6. The highest BCUT2D eigenvalue weighted by molar-refractivity contribution is 7.50. The molecule has 1 aromatic rings. The Morgan fingerprint density at radius 3 is 2.06 bits per heavy atom. The lowest BCUT2D eigenvalue weighted by atomic mass is 10.1. The maximum absolute atomic E-state index is 10.7. The van der Waals surface area contributed by atoms with Crippen LogP contribution in [0.15, 0.2) is 24.3 Å². The number of carbonyl (C=O) groups is 1. The van der Waals surface area contributed by atoms with Gasteiger partial charge in [-0.2, -0.15) is 0 Å². The van der Waals surface area contributed by atoms with Crippen molar-refractivity contribution in [1.29, 1.82) is 0 Å². The first-order valence-corrected chi connectivity index (χ1v) is 6.68. The maximum Gasteiger partial charge on any atom is 0.329 e. The Bertz CT molecular complexity index is 444. The molecule has 1 rings (SSSR count). The number of aliphatic carboxylic acids is 1. The first kappa shape index (κ1) is 17.1. The van der Waals surface area contributed by atoms with Crippen LogP contribution >= 0.6 is 20.0 Å². The third-order valence-electron chi connectivity index (χ3n) is 2.18. The Hall–Kier alpha value is -0.910. The Morgan fingerprint density at radius 1 is 1.22 bits per heavy atom. The number of nitrogens with two attached hydrogens (primary N) is 1. The van der Waals surface area contributed by atoms with E-state index in [1.165, 1.54) is 0 Å². The molecular formula is C10H15ClNO5P. The van der Waals surface area contributed by atoms with Gasteiger partial charge >= 0.3 is 13.6 Å². The van der Waals surface area contributed by atoms with E-state index in [-0.39, 0.29) is 25.0 Å². The quantitative estimate of drug-likeness (QED) is 0.595. The molecule has 0 bridgehead atoms. The van der Waals surface area contributed by atoms with Crippen molar-refractivity contribution in [3.8, 4) is 0 Å². The molecule has 0 aromatic heterocycles. The van der Waals surface area contributed by atoms with Crippen LogP contribution < -0.4 is 5.73 Å². The van der Waals surface area contributed by atoms with Crippen LogP contribution in [0, 0.1) is 0 Å². The van der Waals surface area contributed by atoms with Gasteiger partial charge in [-0.15, -0.1) is 12.4 Å². The molecule has 18 heavy (non-hydrogen) atoms. The van der Waals surface area contributed by atoms with E-state index in [1.807, 2.05) is 0 Å². The minimum atomic E-state index is -4.06. The van der Waals surface area contributed by atoms with Gasteiger partial charge in [-0.1, -0.05) is 24.3 Å². The maximum atomic E-state index is 10.7. The highest BCUT2D eigenvalue weighted by Crippen LogP contribution is 2.38. The summed E-state index contributed by atoms with van der Waals surface area (Å²) in [5.41, 5.74) is 6.59. The summed E-state index contributed by atoms with van der Waals surface area (Å²) in [6, 6.07) is 5.38. The molecule has 0 aliphatic heterocycles. The van der Waals surface area contributed by atoms with Crippen molar-refractivity contribution in [2.45, 2.75) is 18.6 Å². The summed E-state index contributed by atoms with van der Waals surface area (Å²) in [6.45, 7) is 0. The SMILES string of the molecule is Cl.N[C@H](Cc1ccc(CP(=O)(O)O)cc1)C(=O)O. The lowest BCUT2D eigenvalue weighted by Crippen LogP contribution is -2.32. The van der Waals surface area contributed by atoms with Crippen LogP contribution in [0.3, 0.4) is 0 Å². The third-order valence-corrected chi connectivity index (χ3v) is 2.96. The molecule has 5 N–H and O–H groups in total. The van der Waals surface area contributed by atoms with E-state index in [4.69, 9.17) is 20.6 Å². The first-order chi connectivity index (χ1) is 7.78. The van der Waals surface area contributed by atoms with Crippen molar-refractivity contribution in [3.63, 3.8) is 0 Å². The molecule has 0 radical (unpaired) electrons. The number of carboxylic acid groups (broad SMARTS) is 1. The molecule has 0 spiro atoms. The summed E-state index contributed by atoms with van der Waals surface area (Å²) in [4.78, 5) is 28.1. The van der Waals surface area contributed by atoms with Gasteiger partial charge in [0.25, 0.3) is 0 Å². The van der Waals surface area contributed by atoms with E-state index in [0.717, 1.165) is 5.56 Å². The Balaban J connectivity index is 0.00000289. The topological polar surface area (TPSA) is 121 Å². The molecule has 0 saturated heterocycles. The van der Waals surface area contributed by atoms with E-state index in [9.17, 15) is 9.36 Å². The van der Waals surface area contributed by atoms with E-state index in [1.54, 1.807) is 24.3 Å². The van der Waals surface area contributed by atoms with Crippen molar-refractivity contribution < 1.29 is 24.3 Å². The number of hydrogen-bond acceptors (Lipinski definition) is 3. The van der Waals surface area contributed by atoms with Gasteiger partial charge in [0.2, 0.25) is 0 Å². The number of rotatable bonds is 5. The number of hydrogen-bond donors (Lipinski definition) is 4. The van der Waals surface area contributed by atoms with Crippen molar-refractivity contribution in [3.05, 3.63) is 35.4 Å². The Labute approximate surface area is 110 Å². The largest absolute Gasteiger partial charge is 0.480 e. The Morgan fingerprint density at radius 2 is 1.67 bits per heavy atom. The van der Waals surface area contributed by atoms with E-state index >= 15 is 0 Å². The summed E-state index contributed by atoms with van der Waals surface area (Å²) in [7, 11) is -4.06. The van der Waals surface area contributed by atoms with Gasteiger partial charge in [-0.25, -0.2) is 0 Å². The zero-order chi connectivity index (χ0) is 13.1. The second-order valence-corrected chi connectivity index (χ2v) is 5.43. The molecular weight excluding hydrogens is 281 g/mol. The monoisotopic (exact) mass is 295 g/mol. The minimum absolute atomic E-state index is 0. The molecule has 0 unspecified atom stereocenters. The lowest BCUT2D eigenvalue weighted by molar-refractivity contribution is -0.138. The molecule has 1 atom stereocenters. The van der Waals surface area contributed by atoms with Gasteiger partial charge in [0.05, 0.1) is 6.16 Å². The predicted molar refractivity (Wildman–Crippen MR) is 68.8 cm³/mol. The molecule has 0 fully saturated rings. The second kappa shape index (κ2) is 6.87. The first-order valence-electron chi connectivity index (χ1n) is 4.89. The number of carboxylic acids is 1. The van der Waals surface area contributed by atoms with E-state index < -0.39 is 19.6 Å². The highest BCUT2D eigenvalue weighted by Gasteiger charge is 2.15. The van der Waals surface area contributed by atoms with Gasteiger partial charge in [-0.3, -0.25) is 9.36 Å². The predicted octanol–water partition coefficient (Wildman–Crippen LogP) is 0.741. The molecule has 8 heteroatoms. The molecule has 0 aliphatic rings. The van der Waals surface area contributed by atoms with Crippen molar-refractivity contribution in [2.24, 2.45) is 5.73 Å². The van der Waals surface area contributed by atoms with Gasteiger partial charge in [0, 0.05) is 0 Å². The molecule has 102 valence electrons. The number of halogens is 1. The standard InChI is InChI=1S/C10H14NO5P.ClH/c11-9(10(12)13)5-7-1-3-8(4-2-7)6-17(14,15)16;/h1-4,9H,5-6,11H2,(H,12,13)(H2,14,15,16);1H/t9-;/m1./s1. The molecule has 0 amide bonds. The van der Waals surface area contributed by atoms with Crippen LogP contribution in [0.4, 0.5) is 0 Å². The minimum Gasteiger partial charge on any atom is -0.480 e. The van der Waals surface area contributed by atoms with Crippen LogP contribution in [0.25, 0.3) is 0 Å². The summed E-state index contributed by atoms with van der Waals surface area (Å²) < 4.78 is 10.7. The fraction of sp³-hybridized carbons (Fsp3) is 0.300. The highest BCUT2D eigenvalue weighted by atomic mass is 35.5. The van der Waals surface area contributed by atoms with Crippen molar-refractivity contribution >= 4 is 26.0 Å². The molecule has 6 nitrogen and oxygen atoms in total. The lowest BCUT2D eigenvalue weighted by Gasteiger charge is -2.08. The third kappa shape index (κ3) is 6.14. The summed E-state index contributed by atoms with van der Waals surface area (Å²) in [6.07, 6.45) is -0.135. The van der Waals surface area contributed by atoms with Gasteiger partial charge in [0.15, 0.2) is 0 Å². The molecule has 0 saturated carbocycles. The van der Waals surface area contributed by atoms with Gasteiger partial charge in [0.1, 0.15) is 6.04 Å². The van der Waals surface area contributed by atoms with Crippen LogP contribution in [0.5, 0.6) is 0 Å². The van der Waals surface area contributed by atoms with E-state index in [0.29, 0.717) is 5.56 Å². The molecule has 0 aliphatic carbocycles. The van der Waals surface area contributed by atoms with Crippen LogP contribution in [-0.2, 0) is 21.9 Å². The molecule has 0 heterocycles. The van der Waals surface area contributed by atoms with Crippen LogP contribution in [0.2, 0.25) is 0 Å². The molecule has 1 aromatic carbocycles. The second-order valence-electron chi connectivity index (χ2n) is 3.79. The van der Waals surface area contributed by atoms with Gasteiger partial charge < -0.3 is 20.6 Å². The van der Waals surface area contributed by atoms with Crippen LogP contribution in [0.1, 0.15) is 11.1 Å². The van der Waals surface area contributed by atoms with Gasteiger partial charge in [-0.05, 0) is 17.5 Å². The van der Waals surface area contributed by atoms with Crippen molar-refractivity contribution in [1.82, 2.24) is 0 Å². The smallest absolute Gasteiger partial charge is 0.329 e. The number of benzene rings is 1. The summed E-state index contributed by atoms with van der Waals surface area (Å²) >= 11 is 0. The van der Waals surface area contributed by atoms with Crippen LogP contribution in [-0.4, -0.2) is 26.9 Å². The zero-order valence-electron chi connectivity index (χ0n) is 9.39. The Kier molecular flexibility index (Phi) is 6.52. The zero-order valence-corrected chi connectivity index (χ0v) is 11.1. The van der Waals surface area contributed by atoms with Crippen molar-refractivity contribution in [2.75, 3.05) is 0 Å². The van der Waals surface area contributed by atoms with E-state index in [2.05, 4.69) is 0 Å². The fourth-order valence-corrected chi connectivity index (χ4v) is 2.05. The average Bonchev–Trinajstić information content (AvgIpc) is 2.18. The summed E-state index contributed by atoms with van der Waals surface area (Å²) in [5.74, 6) is -1.08. The average molecular weight is 296 g/mol. The fourth-order valence-electron chi connectivity index (χ4n) is 1.36. The summed E-state index contributed by atoms with van der Waals surface area (Å²) in [5, 5.41) is 8.62.